The average Bonchev–Trinajstić information content (AvgIpc) is 2.22. The summed E-state index contributed by atoms with van der Waals surface area (Å²) in [6, 6.07) is 0. The zero-order chi connectivity index (χ0) is 14.6. The molecule has 0 rings (SSSR count). The maximum Gasteiger partial charge on any atom is 1.00 e. The first-order valence-corrected chi connectivity index (χ1v) is 5.09. The molecule has 20 heavy (non-hydrogen) atoms. The van der Waals surface area contributed by atoms with Crippen LogP contribution in [0.3, 0.4) is 0 Å². The smallest absolute Gasteiger partial charge is 0.550 e. The Morgan fingerprint density at radius 2 is 0.900 bits per heavy atom. The normalized spacial score (nSPS) is 8.00. The number of carboxylic acid groups (broad SMARTS) is 4. The van der Waals surface area contributed by atoms with Gasteiger partial charge in [0.1, 0.15) is 0 Å². The second-order valence-corrected chi connectivity index (χ2v) is 3.24. The van der Waals surface area contributed by atoms with Crippen molar-refractivity contribution in [3.8, 4) is 0 Å². The van der Waals surface area contributed by atoms with Crippen LogP contribution in [0, 0.1) is 0 Å². The van der Waals surface area contributed by atoms with Crippen molar-refractivity contribution in [1.82, 2.24) is 0 Å². The van der Waals surface area contributed by atoms with Gasteiger partial charge in [0.2, 0.25) is 0 Å². The van der Waals surface area contributed by atoms with Crippen LogP contribution in [0.5, 0.6) is 0 Å². The monoisotopic (exact) mass is 308 g/mol. The number of carbonyl (C=O) groups excluding carboxylic acids is 2. The molecule has 0 aliphatic heterocycles. The van der Waals surface area contributed by atoms with Gasteiger partial charge in [0.05, 0.1) is 12.8 Å². The van der Waals surface area contributed by atoms with Crippen LogP contribution >= 0.6 is 0 Å². The van der Waals surface area contributed by atoms with Gasteiger partial charge in [-0.3, -0.25) is 9.59 Å². The van der Waals surface area contributed by atoms with Gasteiger partial charge in [-0.05, 0) is 25.7 Å². The van der Waals surface area contributed by atoms with Crippen molar-refractivity contribution in [2.75, 3.05) is 0 Å². The van der Waals surface area contributed by atoms with Crippen LogP contribution in [0.15, 0.2) is 0 Å². The van der Waals surface area contributed by atoms with E-state index in [9.17, 15) is 29.4 Å². The molecule has 2 N–H and O–H groups in total. The molecule has 0 aliphatic carbocycles. The summed E-state index contributed by atoms with van der Waals surface area (Å²) < 4.78 is 0. The summed E-state index contributed by atoms with van der Waals surface area (Å²) in [4.78, 5) is 38.8. The first-order valence-electron chi connectivity index (χ1n) is 5.09. The van der Waals surface area contributed by atoms with Gasteiger partial charge >= 0.3 is 71.1 Å². The van der Waals surface area contributed by atoms with Gasteiger partial charge in [0, 0.05) is 11.9 Å². The number of aliphatic carboxylic acids is 4. The maximum absolute atomic E-state index is 9.77. The molecule has 0 aromatic rings. The van der Waals surface area contributed by atoms with Crippen LogP contribution < -0.4 is 69.3 Å². The number of unbranched alkanes of at least 4 members (excludes halogenated alkanes) is 1. The molecule has 0 heterocycles. The standard InChI is InChI=1S/C6H10O4.C4H6O4.2Na/c7-5(8)3-1-2-4-6(9)10;5-3(6)1-2-4(7)8;;/h1-4H2,(H,7,8)(H,9,10);1-2H2,(H,5,6)(H,7,8);;/q;;2*+1/p-2. The van der Waals surface area contributed by atoms with Gasteiger partial charge in [-0.1, -0.05) is 0 Å². The molecule has 0 bridgehead atoms. The molecule has 0 aromatic carbocycles. The van der Waals surface area contributed by atoms with Crippen LogP contribution in [0.25, 0.3) is 0 Å². The van der Waals surface area contributed by atoms with E-state index in [1.54, 1.807) is 0 Å². The Hall–Kier alpha value is -0.120. The molecule has 0 saturated heterocycles. The molecule has 0 fully saturated rings. The Labute approximate surface area is 160 Å². The van der Waals surface area contributed by atoms with Gasteiger partial charge < -0.3 is 30.0 Å². The van der Waals surface area contributed by atoms with Crippen molar-refractivity contribution in [3.63, 3.8) is 0 Å². The molecule has 8 nitrogen and oxygen atoms in total. The van der Waals surface area contributed by atoms with Crippen LogP contribution in [0.2, 0.25) is 0 Å². The van der Waals surface area contributed by atoms with Crippen molar-refractivity contribution in [1.29, 1.82) is 0 Å². The van der Waals surface area contributed by atoms with Gasteiger partial charge in [-0.2, -0.15) is 0 Å². The second kappa shape index (κ2) is 18.9. The maximum atomic E-state index is 9.77. The third kappa shape index (κ3) is 36.1. The van der Waals surface area contributed by atoms with E-state index in [0.29, 0.717) is 12.8 Å². The predicted octanol–water partition coefficient (Wildman–Crippen LogP) is -8.01. The van der Waals surface area contributed by atoms with Crippen LogP contribution in [0.1, 0.15) is 38.5 Å². The van der Waals surface area contributed by atoms with Crippen molar-refractivity contribution < 1.29 is 98.7 Å². The molecule has 0 unspecified atom stereocenters. The molecule has 0 saturated carbocycles. The molecular weight excluding hydrogens is 294 g/mol. The third-order valence-electron chi connectivity index (χ3n) is 1.56. The quantitative estimate of drug-likeness (QED) is 0.331. The third-order valence-corrected chi connectivity index (χ3v) is 1.56. The molecule has 10 heteroatoms. The van der Waals surface area contributed by atoms with Crippen molar-refractivity contribution in [2.45, 2.75) is 38.5 Å². The van der Waals surface area contributed by atoms with Gasteiger partial charge in [0.25, 0.3) is 0 Å². The van der Waals surface area contributed by atoms with Gasteiger partial charge in [-0.15, -0.1) is 0 Å². The van der Waals surface area contributed by atoms with Crippen LogP contribution in [-0.4, -0.2) is 34.1 Å². The van der Waals surface area contributed by atoms with Crippen molar-refractivity contribution in [3.05, 3.63) is 0 Å². The molecule has 104 valence electrons. The van der Waals surface area contributed by atoms with E-state index in [2.05, 4.69) is 0 Å². The van der Waals surface area contributed by atoms with E-state index >= 15 is 0 Å². The largest absolute Gasteiger partial charge is 1.00 e. The summed E-state index contributed by atoms with van der Waals surface area (Å²) in [6.45, 7) is 0. The topological polar surface area (TPSA) is 155 Å². The zero-order valence-electron chi connectivity index (χ0n) is 11.6. The zero-order valence-corrected chi connectivity index (χ0v) is 15.6. The van der Waals surface area contributed by atoms with E-state index in [1.165, 1.54) is 0 Å². The van der Waals surface area contributed by atoms with E-state index < -0.39 is 23.9 Å². The van der Waals surface area contributed by atoms with Crippen molar-refractivity contribution >= 4 is 23.9 Å². The number of carboxylic acids is 4. The number of carbonyl (C=O) groups is 4. The number of rotatable bonds is 8. The molecule has 0 aromatic heterocycles. The Morgan fingerprint density at radius 3 is 1.05 bits per heavy atom. The van der Waals surface area contributed by atoms with Crippen molar-refractivity contribution in [2.24, 2.45) is 0 Å². The summed E-state index contributed by atoms with van der Waals surface area (Å²) in [6.07, 6.45) is -0.0577. The minimum atomic E-state index is -1.14. The molecule has 0 atom stereocenters. The fraction of sp³-hybridized carbons (Fsp3) is 0.600. The second-order valence-electron chi connectivity index (χ2n) is 3.24. The number of hydrogen-bond donors (Lipinski definition) is 2. The van der Waals surface area contributed by atoms with Crippen LogP contribution in [-0.2, 0) is 19.2 Å². The Balaban J connectivity index is -0.000000119. The molecule has 0 aliphatic rings. The minimum absolute atomic E-state index is 0. The molecule has 0 spiro atoms. The van der Waals surface area contributed by atoms with E-state index in [4.69, 9.17) is 10.2 Å². The first-order chi connectivity index (χ1) is 8.25. The SMILES string of the molecule is O=C(O)CCC(=O)O.O=C([O-])CCCCC(=O)[O-].[Na+].[Na+]. The first kappa shape index (κ1) is 28.1. The molecule has 0 radical (unpaired) electrons. The average molecular weight is 308 g/mol. The summed E-state index contributed by atoms with van der Waals surface area (Å²) >= 11 is 0. The van der Waals surface area contributed by atoms with Crippen LogP contribution in [0.4, 0.5) is 0 Å². The van der Waals surface area contributed by atoms with E-state index in [0.717, 1.165) is 0 Å². The van der Waals surface area contributed by atoms with E-state index in [1.807, 2.05) is 0 Å². The summed E-state index contributed by atoms with van der Waals surface area (Å²) in [5, 5.41) is 35.3. The number of hydrogen-bond acceptors (Lipinski definition) is 6. The Kier molecular flexibility index (Phi) is 26.5. The summed E-state index contributed by atoms with van der Waals surface area (Å²) in [5.41, 5.74) is 0. The fourth-order valence-electron chi connectivity index (χ4n) is 0.753. The molecule has 0 amide bonds. The van der Waals surface area contributed by atoms with E-state index in [-0.39, 0.29) is 84.8 Å². The Bertz CT molecular complexity index is 276. The summed E-state index contributed by atoms with van der Waals surface area (Å²) in [7, 11) is 0. The van der Waals surface area contributed by atoms with Gasteiger partial charge in [0.15, 0.2) is 0 Å². The molecular formula is C10H14Na2O8. The summed E-state index contributed by atoms with van der Waals surface area (Å²) in [5.74, 6) is -4.43. The Morgan fingerprint density at radius 1 is 0.650 bits per heavy atom. The van der Waals surface area contributed by atoms with Gasteiger partial charge in [-0.25, -0.2) is 0 Å². The predicted molar refractivity (Wildman–Crippen MR) is 53.0 cm³/mol. The minimum Gasteiger partial charge on any atom is -0.550 e. The fourth-order valence-corrected chi connectivity index (χ4v) is 0.753.